The topological polar surface area (TPSA) is 93.0 Å². The van der Waals surface area contributed by atoms with Gasteiger partial charge in [0.15, 0.2) is 0 Å². The van der Waals surface area contributed by atoms with Crippen LogP contribution in [-0.4, -0.2) is 28.5 Å². The predicted molar refractivity (Wildman–Crippen MR) is 78.0 cm³/mol. The highest BCUT2D eigenvalue weighted by Gasteiger charge is 2.22. The van der Waals surface area contributed by atoms with Gasteiger partial charge in [-0.3, -0.25) is 10.1 Å². The van der Waals surface area contributed by atoms with Gasteiger partial charge in [0.05, 0.1) is 4.92 Å². The van der Waals surface area contributed by atoms with Gasteiger partial charge in [0.2, 0.25) is 11.8 Å². The molecule has 1 aromatic rings. The van der Waals surface area contributed by atoms with Crippen LogP contribution in [0.25, 0.3) is 0 Å². The highest BCUT2D eigenvalue weighted by Crippen LogP contribution is 2.29. The van der Waals surface area contributed by atoms with Crippen molar-refractivity contribution in [1.82, 2.24) is 9.97 Å². The second-order valence-corrected chi connectivity index (χ2v) is 5.20. The molecule has 1 aromatic heterocycles. The van der Waals surface area contributed by atoms with Gasteiger partial charge in [-0.05, 0) is 19.3 Å². The Morgan fingerprint density at radius 2 is 2.05 bits per heavy atom. The first-order chi connectivity index (χ1) is 9.61. The zero-order chi connectivity index (χ0) is 14.5. The first-order valence-electron chi connectivity index (χ1n) is 7.06. The van der Waals surface area contributed by atoms with Crippen LogP contribution in [0.1, 0.15) is 37.8 Å². The second kappa shape index (κ2) is 6.49. The maximum absolute atomic E-state index is 11.1. The van der Waals surface area contributed by atoms with Crippen LogP contribution in [-0.2, 0) is 0 Å². The van der Waals surface area contributed by atoms with Crippen molar-refractivity contribution < 1.29 is 4.92 Å². The third-order valence-corrected chi connectivity index (χ3v) is 3.78. The zero-order valence-corrected chi connectivity index (χ0v) is 12.0. The van der Waals surface area contributed by atoms with Gasteiger partial charge in [-0.15, -0.1) is 0 Å². The van der Waals surface area contributed by atoms with Crippen molar-refractivity contribution in [3.8, 4) is 0 Å². The fourth-order valence-corrected chi connectivity index (χ4v) is 2.71. The van der Waals surface area contributed by atoms with Gasteiger partial charge >= 0.3 is 5.69 Å². The molecule has 2 N–H and O–H groups in total. The first kappa shape index (κ1) is 14.5. The molecule has 1 aliphatic carbocycles. The molecule has 2 rings (SSSR count). The standard InChI is InChI=1S/C13H21N5O2/c1-9-11(18(19)20)12(17-13(14-2)16-9)15-8-7-10-5-3-4-6-10/h10H,3-8H2,1-2H3,(H2,14,15,16,17). The third-order valence-electron chi connectivity index (χ3n) is 3.78. The van der Waals surface area contributed by atoms with E-state index in [-0.39, 0.29) is 5.69 Å². The van der Waals surface area contributed by atoms with Crippen molar-refractivity contribution in [3.05, 3.63) is 15.8 Å². The molecule has 7 nitrogen and oxygen atoms in total. The summed E-state index contributed by atoms with van der Waals surface area (Å²) in [5.41, 5.74) is 0.341. The molecule has 0 amide bonds. The number of aromatic nitrogens is 2. The summed E-state index contributed by atoms with van der Waals surface area (Å²) < 4.78 is 0. The van der Waals surface area contributed by atoms with E-state index in [0.29, 0.717) is 24.0 Å². The Morgan fingerprint density at radius 3 is 2.65 bits per heavy atom. The summed E-state index contributed by atoms with van der Waals surface area (Å²) in [6.45, 7) is 2.34. The van der Waals surface area contributed by atoms with Gasteiger partial charge in [-0.2, -0.15) is 4.98 Å². The lowest BCUT2D eigenvalue weighted by atomic mass is 10.0. The molecule has 1 heterocycles. The summed E-state index contributed by atoms with van der Waals surface area (Å²) in [6, 6.07) is 0. The van der Waals surface area contributed by atoms with Gasteiger partial charge in [0.1, 0.15) is 5.69 Å². The van der Waals surface area contributed by atoms with E-state index in [4.69, 9.17) is 0 Å². The van der Waals surface area contributed by atoms with Crippen LogP contribution in [0.2, 0.25) is 0 Å². The number of hydrogen-bond acceptors (Lipinski definition) is 6. The van der Waals surface area contributed by atoms with Crippen LogP contribution in [0, 0.1) is 23.0 Å². The van der Waals surface area contributed by atoms with Crippen LogP contribution in [0.15, 0.2) is 0 Å². The van der Waals surface area contributed by atoms with Gasteiger partial charge in [-0.25, -0.2) is 4.98 Å². The zero-order valence-electron chi connectivity index (χ0n) is 12.0. The van der Waals surface area contributed by atoms with Crippen molar-refractivity contribution in [2.75, 3.05) is 24.2 Å². The molecule has 20 heavy (non-hydrogen) atoms. The normalized spacial score (nSPS) is 15.3. The molecule has 0 aromatic carbocycles. The van der Waals surface area contributed by atoms with Gasteiger partial charge in [0.25, 0.3) is 0 Å². The smallest absolute Gasteiger partial charge is 0.332 e. The number of anilines is 2. The minimum atomic E-state index is -0.424. The predicted octanol–water partition coefficient (Wildman–Crippen LogP) is 2.73. The number of rotatable bonds is 6. The molecule has 0 unspecified atom stereocenters. The molecule has 0 radical (unpaired) electrons. The molecular weight excluding hydrogens is 258 g/mol. The Morgan fingerprint density at radius 1 is 1.35 bits per heavy atom. The van der Waals surface area contributed by atoms with E-state index < -0.39 is 4.92 Å². The first-order valence-corrected chi connectivity index (χ1v) is 7.06. The molecule has 7 heteroatoms. The summed E-state index contributed by atoms with van der Waals surface area (Å²) in [5.74, 6) is 1.45. The number of hydrogen-bond donors (Lipinski definition) is 2. The Labute approximate surface area is 118 Å². The lowest BCUT2D eigenvalue weighted by molar-refractivity contribution is -0.385. The molecule has 1 aliphatic rings. The summed E-state index contributed by atoms with van der Waals surface area (Å²) in [6.07, 6.45) is 6.19. The van der Waals surface area contributed by atoms with Crippen LogP contribution in [0.4, 0.5) is 17.5 Å². The van der Waals surface area contributed by atoms with Gasteiger partial charge < -0.3 is 10.6 Å². The van der Waals surface area contributed by atoms with Gasteiger partial charge in [-0.1, -0.05) is 25.7 Å². The van der Waals surface area contributed by atoms with Crippen LogP contribution in [0.5, 0.6) is 0 Å². The minimum Gasteiger partial charge on any atom is -0.364 e. The van der Waals surface area contributed by atoms with E-state index in [0.717, 1.165) is 12.3 Å². The molecule has 0 aliphatic heterocycles. The lowest BCUT2D eigenvalue weighted by Gasteiger charge is -2.12. The SMILES string of the molecule is CNc1nc(C)c([N+](=O)[O-])c(NCCC2CCCC2)n1. The van der Waals surface area contributed by atoms with Crippen LogP contribution in [0.3, 0.4) is 0 Å². The summed E-state index contributed by atoms with van der Waals surface area (Å²) >= 11 is 0. The molecule has 0 spiro atoms. The van der Waals surface area contributed by atoms with E-state index in [1.165, 1.54) is 25.7 Å². The molecule has 110 valence electrons. The van der Waals surface area contributed by atoms with E-state index in [1.54, 1.807) is 14.0 Å². The summed E-state index contributed by atoms with van der Waals surface area (Å²) in [7, 11) is 1.70. The number of nitrogens with zero attached hydrogens (tertiary/aromatic N) is 3. The molecule has 0 bridgehead atoms. The van der Waals surface area contributed by atoms with E-state index in [9.17, 15) is 10.1 Å². The highest BCUT2D eigenvalue weighted by molar-refractivity contribution is 5.60. The Bertz CT molecular complexity index is 486. The maximum Gasteiger partial charge on any atom is 0.332 e. The molecule has 0 saturated heterocycles. The summed E-state index contributed by atoms with van der Waals surface area (Å²) in [4.78, 5) is 18.9. The average Bonchev–Trinajstić information content (AvgIpc) is 2.90. The third kappa shape index (κ3) is 3.34. The van der Waals surface area contributed by atoms with Crippen molar-refractivity contribution in [2.24, 2.45) is 5.92 Å². The fourth-order valence-electron chi connectivity index (χ4n) is 2.71. The van der Waals surface area contributed by atoms with E-state index >= 15 is 0 Å². The van der Waals surface area contributed by atoms with E-state index in [2.05, 4.69) is 20.6 Å². The fraction of sp³-hybridized carbons (Fsp3) is 0.692. The Balaban J connectivity index is 2.07. The second-order valence-electron chi connectivity index (χ2n) is 5.20. The largest absolute Gasteiger partial charge is 0.364 e. The lowest BCUT2D eigenvalue weighted by Crippen LogP contribution is -2.12. The number of nitro groups is 1. The molecule has 1 fully saturated rings. The quantitative estimate of drug-likeness (QED) is 0.614. The van der Waals surface area contributed by atoms with Crippen molar-refractivity contribution in [1.29, 1.82) is 0 Å². The van der Waals surface area contributed by atoms with Gasteiger partial charge in [0, 0.05) is 13.6 Å². The minimum absolute atomic E-state index is 0.0320. The Hall–Kier alpha value is -1.92. The number of nitrogens with one attached hydrogen (secondary N) is 2. The average molecular weight is 279 g/mol. The monoisotopic (exact) mass is 279 g/mol. The highest BCUT2D eigenvalue weighted by atomic mass is 16.6. The van der Waals surface area contributed by atoms with Crippen LogP contribution >= 0.6 is 0 Å². The molecular formula is C13H21N5O2. The summed E-state index contributed by atoms with van der Waals surface area (Å²) in [5, 5.41) is 17.1. The Kier molecular flexibility index (Phi) is 4.70. The van der Waals surface area contributed by atoms with Crippen molar-refractivity contribution >= 4 is 17.5 Å². The van der Waals surface area contributed by atoms with Crippen LogP contribution < -0.4 is 10.6 Å². The molecule has 1 saturated carbocycles. The molecule has 0 atom stereocenters. The maximum atomic E-state index is 11.1. The van der Waals surface area contributed by atoms with Crippen molar-refractivity contribution in [3.63, 3.8) is 0 Å². The van der Waals surface area contributed by atoms with Crippen molar-refractivity contribution in [2.45, 2.75) is 39.0 Å². The van der Waals surface area contributed by atoms with E-state index in [1.807, 2.05) is 0 Å². The number of aryl methyl sites for hydroxylation is 1.